The average molecular weight is 283 g/mol. The highest BCUT2D eigenvalue weighted by atomic mass is 35.5. The van der Waals surface area contributed by atoms with E-state index in [1.54, 1.807) is 30.2 Å². The molecule has 0 radical (unpaired) electrons. The van der Waals surface area contributed by atoms with Gasteiger partial charge in [0.25, 0.3) is 5.91 Å². The molecular weight excluding hydrogens is 264 g/mol. The van der Waals surface area contributed by atoms with Gasteiger partial charge in [0.05, 0.1) is 12.7 Å². The molecule has 4 nitrogen and oxygen atoms in total. The standard InChI is InChI=1S/C14H19ClN2O2/c1-9-5-11(16)8-17(7-9)14(18)12-6-10(15)3-4-13(12)19-2/h3-4,6,9,11H,5,7-8,16H2,1-2H3. The highest BCUT2D eigenvalue weighted by Gasteiger charge is 2.28. The number of amides is 1. The van der Waals surface area contributed by atoms with Gasteiger partial charge >= 0.3 is 0 Å². The predicted molar refractivity (Wildman–Crippen MR) is 75.7 cm³/mol. The molecule has 0 spiro atoms. The summed E-state index contributed by atoms with van der Waals surface area (Å²) in [7, 11) is 1.55. The molecule has 1 saturated heterocycles. The van der Waals surface area contributed by atoms with Gasteiger partial charge in [0.15, 0.2) is 0 Å². The molecule has 1 aromatic carbocycles. The zero-order chi connectivity index (χ0) is 14.0. The monoisotopic (exact) mass is 282 g/mol. The Labute approximate surface area is 118 Å². The predicted octanol–water partition coefficient (Wildman–Crippen LogP) is 2.16. The van der Waals surface area contributed by atoms with Crippen molar-refractivity contribution in [2.45, 2.75) is 19.4 Å². The fourth-order valence-electron chi connectivity index (χ4n) is 2.58. The number of halogens is 1. The van der Waals surface area contributed by atoms with E-state index in [0.29, 0.717) is 28.8 Å². The molecule has 0 aliphatic carbocycles. The van der Waals surface area contributed by atoms with E-state index in [0.717, 1.165) is 13.0 Å². The Kier molecular flexibility index (Phi) is 4.32. The van der Waals surface area contributed by atoms with Crippen molar-refractivity contribution in [2.24, 2.45) is 11.7 Å². The summed E-state index contributed by atoms with van der Waals surface area (Å²) >= 11 is 5.96. The number of nitrogens with two attached hydrogens (primary N) is 1. The van der Waals surface area contributed by atoms with Gasteiger partial charge < -0.3 is 15.4 Å². The fraction of sp³-hybridized carbons (Fsp3) is 0.500. The summed E-state index contributed by atoms with van der Waals surface area (Å²) in [5.74, 6) is 0.889. The van der Waals surface area contributed by atoms with Crippen LogP contribution in [-0.2, 0) is 0 Å². The summed E-state index contributed by atoms with van der Waals surface area (Å²) in [6.07, 6.45) is 0.955. The summed E-state index contributed by atoms with van der Waals surface area (Å²) in [4.78, 5) is 14.3. The molecule has 2 rings (SSSR count). The summed E-state index contributed by atoms with van der Waals surface area (Å²) < 4.78 is 5.23. The molecule has 2 atom stereocenters. The van der Waals surface area contributed by atoms with Crippen LogP contribution in [0.4, 0.5) is 0 Å². The topological polar surface area (TPSA) is 55.6 Å². The van der Waals surface area contributed by atoms with Gasteiger partial charge in [-0.3, -0.25) is 4.79 Å². The molecule has 2 unspecified atom stereocenters. The van der Waals surface area contributed by atoms with Crippen LogP contribution in [0, 0.1) is 5.92 Å². The first-order chi connectivity index (χ1) is 9.01. The third-order valence-electron chi connectivity index (χ3n) is 3.37. The minimum Gasteiger partial charge on any atom is -0.496 e. The molecule has 1 heterocycles. The summed E-state index contributed by atoms with van der Waals surface area (Å²) in [6, 6.07) is 5.11. The van der Waals surface area contributed by atoms with Crippen molar-refractivity contribution in [3.8, 4) is 5.75 Å². The van der Waals surface area contributed by atoms with Crippen molar-refractivity contribution in [1.82, 2.24) is 4.90 Å². The Bertz CT molecular complexity index is 469. The molecular formula is C14H19ClN2O2. The van der Waals surface area contributed by atoms with Crippen molar-refractivity contribution in [2.75, 3.05) is 20.2 Å². The van der Waals surface area contributed by atoms with Gasteiger partial charge in [0, 0.05) is 24.2 Å². The van der Waals surface area contributed by atoms with Crippen molar-refractivity contribution >= 4 is 17.5 Å². The fourth-order valence-corrected chi connectivity index (χ4v) is 2.76. The molecule has 104 valence electrons. The van der Waals surface area contributed by atoms with E-state index in [9.17, 15) is 4.79 Å². The van der Waals surface area contributed by atoms with E-state index in [1.165, 1.54) is 0 Å². The first-order valence-electron chi connectivity index (χ1n) is 6.39. The maximum absolute atomic E-state index is 12.6. The molecule has 19 heavy (non-hydrogen) atoms. The molecule has 0 aromatic heterocycles. The van der Waals surface area contributed by atoms with Crippen LogP contribution < -0.4 is 10.5 Å². The van der Waals surface area contributed by atoms with Crippen LogP contribution in [0.15, 0.2) is 18.2 Å². The van der Waals surface area contributed by atoms with Crippen LogP contribution in [0.3, 0.4) is 0 Å². The molecule has 0 saturated carbocycles. The zero-order valence-electron chi connectivity index (χ0n) is 11.2. The summed E-state index contributed by atoms with van der Waals surface area (Å²) in [6.45, 7) is 3.41. The first-order valence-corrected chi connectivity index (χ1v) is 6.77. The molecule has 5 heteroatoms. The lowest BCUT2D eigenvalue weighted by atomic mass is 9.96. The minimum absolute atomic E-state index is 0.0397. The Balaban J connectivity index is 2.26. The van der Waals surface area contributed by atoms with E-state index in [1.807, 2.05) is 0 Å². The lowest BCUT2D eigenvalue weighted by Crippen LogP contribution is -2.48. The van der Waals surface area contributed by atoms with Gasteiger partial charge in [-0.05, 0) is 30.5 Å². The number of likely N-dealkylation sites (tertiary alicyclic amines) is 1. The van der Waals surface area contributed by atoms with Crippen LogP contribution in [0.25, 0.3) is 0 Å². The molecule has 1 amide bonds. The Morgan fingerprint density at radius 1 is 1.47 bits per heavy atom. The lowest BCUT2D eigenvalue weighted by Gasteiger charge is -2.35. The number of hydrogen-bond acceptors (Lipinski definition) is 3. The summed E-state index contributed by atoms with van der Waals surface area (Å²) in [5.41, 5.74) is 6.48. The maximum Gasteiger partial charge on any atom is 0.257 e. The van der Waals surface area contributed by atoms with Gasteiger partial charge in [-0.2, -0.15) is 0 Å². The SMILES string of the molecule is COc1ccc(Cl)cc1C(=O)N1CC(C)CC(N)C1. The molecule has 1 aromatic rings. The molecule has 1 aliphatic heterocycles. The number of carbonyl (C=O) groups excluding carboxylic acids is 1. The number of benzene rings is 1. The van der Waals surface area contributed by atoms with Crippen LogP contribution >= 0.6 is 11.6 Å². The van der Waals surface area contributed by atoms with Gasteiger partial charge in [-0.25, -0.2) is 0 Å². The van der Waals surface area contributed by atoms with Crippen molar-refractivity contribution in [3.63, 3.8) is 0 Å². The molecule has 0 bridgehead atoms. The second kappa shape index (κ2) is 5.80. The quantitative estimate of drug-likeness (QED) is 0.904. The zero-order valence-corrected chi connectivity index (χ0v) is 12.0. The highest BCUT2D eigenvalue weighted by molar-refractivity contribution is 6.31. The second-order valence-corrected chi connectivity index (χ2v) is 5.59. The Hall–Kier alpha value is -1.26. The van der Waals surface area contributed by atoms with Crippen LogP contribution in [0.1, 0.15) is 23.7 Å². The normalized spacial score (nSPS) is 23.3. The van der Waals surface area contributed by atoms with Crippen molar-refractivity contribution < 1.29 is 9.53 Å². The third-order valence-corrected chi connectivity index (χ3v) is 3.61. The lowest BCUT2D eigenvalue weighted by molar-refractivity contribution is 0.0657. The number of carbonyl (C=O) groups is 1. The van der Waals surface area contributed by atoms with Crippen LogP contribution in [0.2, 0.25) is 5.02 Å². The van der Waals surface area contributed by atoms with Gasteiger partial charge in [0.1, 0.15) is 5.75 Å². The largest absolute Gasteiger partial charge is 0.496 e. The van der Waals surface area contributed by atoms with Gasteiger partial charge in [-0.1, -0.05) is 18.5 Å². The third kappa shape index (κ3) is 3.19. The maximum atomic E-state index is 12.6. The molecule has 1 aliphatic rings. The summed E-state index contributed by atoms with van der Waals surface area (Å²) in [5, 5.41) is 0.526. The molecule has 2 N–H and O–H groups in total. The van der Waals surface area contributed by atoms with Gasteiger partial charge in [0.2, 0.25) is 0 Å². The average Bonchev–Trinajstić information content (AvgIpc) is 2.36. The number of piperidine rings is 1. The number of ether oxygens (including phenoxy) is 1. The first kappa shape index (κ1) is 14.2. The van der Waals surface area contributed by atoms with E-state index >= 15 is 0 Å². The molecule has 1 fully saturated rings. The van der Waals surface area contributed by atoms with E-state index < -0.39 is 0 Å². The van der Waals surface area contributed by atoms with E-state index in [4.69, 9.17) is 22.1 Å². The number of hydrogen-bond donors (Lipinski definition) is 1. The van der Waals surface area contributed by atoms with E-state index in [2.05, 4.69) is 6.92 Å². The second-order valence-electron chi connectivity index (χ2n) is 5.16. The van der Waals surface area contributed by atoms with Crippen molar-refractivity contribution in [3.05, 3.63) is 28.8 Å². The number of rotatable bonds is 2. The number of methoxy groups -OCH3 is 1. The van der Waals surface area contributed by atoms with Crippen LogP contribution in [0.5, 0.6) is 5.75 Å². The minimum atomic E-state index is -0.0682. The van der Waals surface area contributed by atoms with Gasteiger partial charge in [-0.15, -0.1) is 0 Å². The van der Waals surface area contributed by atoms with Crippen LogP contribution in [-0.4, -0.2) is 37.0 Å². The number of nitrogens with zero attached hydrogens (tertiary/aromatic N) is 1. The Morgan fingerprint density at radius 2 is 2.21 bits per heavy atom. The Morgan fingerprint density at radius 3 is 2.84 bits per heavy atom. The van der Waals surface area contributed by atoms with E-state index in [-0.39, 0.29) is 11.9 Å². The highest BCUT2D eigenvalue weighted by Crippen LogP contribution is 2.26. The smallest absolute Gasteiger partial charge is 0.257 e. The van der Waals surface area contributed by atoms with Crippen molar-refractivity contribution in [1.29, 1.82) is 0 Å².